The van der Waals surface area contributed by atoms with Crippen molar-refractivity contribution in [2.45, 2.75) is 38.4 Å². The van der Waals surface area contributed by atoms with Crippen molar-refractivity contribution in [3.05, 3.63) is 0 Å². The van der Waals surface area contributed by atoms with Crippen LogP contribution in [0.15, 0.2) is 0 Å². The van der Waals surface area contributed by atoms with E-state index in [4.69, 9.17) is 4.74 Å². The van der Waals surface area contributed by atoms with Gasteiger partial charge in [0, 0.05) is 19.1 Å². The molecule has 0 bridgehead atoms. The summed E-state index contributed by atoms with van der Waals surface area (Å²) in [7, 11) is 0. The molecule has 0 aromatic carbocycles. The van der Waals surface area contributed by atoms with Crippen molar-refractivity contribution in [2.24, 2.45) is 5.92 Å². The van der Waals surface area contributed by atoms with Crippen LogP contribution < -0.4 is 0 Å². The molecule has 2 nitrogen and oxygen atoms in total. The van der Waals surface area contributed by atoms with Gasteiger partial charge >= 0.3 is 0 Å². The molecule has 2 fully saturated rings. The molecular weight excluding hydrogens is 181 g/mol. The summed E-state index contributed by atoms with van der Waals surface area (Å²) < 4.78 is 18.8. The lowest BCUT2D eigenvalue weighted by molar-refractivity contribution is -0.00689. The van der Waals surface area contributed by atoms with E-state index in [9.17, 15) is 4.39 Å². The fourth-order valence-electron chi connectivity index (χ4n) is 2.52. The van der Waals surface area contributed by atoms with Gasteiger partial charge in [0.25, 0.3) is 0 Å². The molecule has 1 aliphatic carbocycles. The Morgan fingerprint density at radius 3 is 2.57 bits per heavy atom. The van der Waals surface area contributed by atoms with Gasteiger partial charge in [-0.25, -0.2) is 4.39 Å². The van der Waals surface area contributed by atoms with Crippen LogP contribution in [-0.4, -0.2) is 43.4 Å². The Kier molecular flexibility index (Phi) is 3.39. The van der Waals surface area contributed by atoms with Crippen LogP contribution >= 0.6 is 0 Å². The molecule has 1 heterocycles. The van der Waals surface area contributed by atoms with E-state index in [2.05, 4.69) is 4.90 Å². The Morgan fingerprint density at radius 1 is 1.21 bits per heavy atom. The van der Waals surface area contributed by atoms with Crippen LogP contribution in [0.2, 0.25) is 0 Å². The van der Waals surface area contributed by atoms with Gasteiger partial charge in [0.05, 0.1) is 13.2 Å². The maximum atomic E-state index is 13.5. The lowest BCUT2D eigenvalue weighted by Crippen LogP contribution is -2.47. The summed E-state index contributed by atoms with van der Waals surface area (Å²) in [4.78, 5) is 2.40. The van der Waals surface area contributed by atoms with Gasteiger partial charge in [0.15, 0.2) is 0 Å². The Bertz CT molecular complexity index is 182. The molecule has 3 heteroatoms. The summed E-state index contributed by atoms with van der Waals surface area (Å²) >= 11 is 0. The first-order valence-corrected chi connectivity index (χ1v) is 5.73. The third kappa shape index (κ3) is 2.26. The van der Waals surface area contributed by atoms with Gasteiger partial charge in [-0.2, -0.15) is 0 Å². The lowest BCUT2D eigenvalue weighted by Gasteiger charge is -2.39. The molecular formula is C11H20FNO. The molecule has 0 spiro atoms. The highest BCUT2D eigenvalue weighted by Gasteiger charge is 2.31. The van der Waals surface area contributed by atoms with Crippen LogP contribution in [0.1, 0.15) is 26.2 Å². The standard InChI is InChI=1S/C11H20FNO/c1-9-2-3-10(8-11(9)12)13-4-6-14-7-5-13/h9-11H,2-8H2,1H3. The molecule has 14 heavy (non-hydrogen) atoms. The second-order valence-electron chi connectivity index (χ2n) is 4.61. The topological polar surface area (TPSA) is 12.5 Å². The molecule has 1 aliphatic heterocycles. The Morgan fingerprint density at radius 2 is 1.93 bits per heavy atom. The van der Waals surface area contributed by atoms with Crippen molar-refractivity contribution in [3.8, 4) is 0 Å². The van der Waals surface area contributed by atoms with Crippen molar-refractivity contribution in [1.82, 2.24) is 4.90 Å². The van der Waals surface area contributed by atoms with E-state index in [1.54, 1.807) is 0 Å². The number of halogens is 1. The number of hydrogen-bond donors (Lipinski definition) is 0. The predicted molar refractivity (Wildman–Crippen MR) is 54.1 cm³/mol. The molecule has 0 amide bonds. The zero-order valence-electron chi connectivity index (χ0n) is 8.92. The zero-order valence-corrected chi connectivity index (χ0v) is 8.92. The average molecular weight is 201 g/mol. The third-order valence-electron chi connectivity index (χ3n) is 3.63. The minimum atomic E-state index is -0.586. The SMILES string of the molecule is CC1CCC(N2CCOCC2)CC1F. The fraction of sp³-hybridized carbons (Fsp3) is 1.00. The molecule has 1 saturated heterocycles. The number of ether oxygens (including phenoxy) is 1. The molecule has 2 rings (SSSR count). The van der Waals surface area contributed by atoms with Crippen molar-refractivity contribution in [3.63, 3.8) is 0 Å². The number of nitrogens with zero attached hydrogens (tertiary/aromatic N) is 1. The first-order valence-electron chi connectivity index (χ1n) is 5.73. The van der Waals surface area contributed by atoms with E-state index in [1.165, 1.54) is 6.42 Å². The van der Waals surface area contributed by atoms with Crippen molar-refractivity contribution < 1.29 is 9.13 Å². The van der Waals surface area contributed by atoms with Gasteiger partial charge in [0.1, 0.15) is 6.17 Å². The minimum Gasteiger partial charge on any atom is -0.379 e. The highest BCUT2D eigenvalue weighted by atomic mass is 19.1. The summed E-state index contributed by atoms with van der Waals surface area (Å²) in [5.74, 6) is 0.271. The summed E-state index contributed by atoms with van der Waals surface area (Å²) in [6.45, 7) is 5.66. The molecule has 3 atom stereocenters. The third-order valence-corrected chi connectivity index (χ3v) is 3.63. The quantitative estimate of drug-likeness (QED) is 0.642. The van der Waals surface area contributed by atoms with Gasteiger partial charge in [0.2, 0.25) is 0 Å². The molecule has 3 unspecified atom stereocenters. The fourth-order valence-corrected chi connectivity index (χ4v) is 2.52. The monoisotopic (exact) mass is 201 g/mol. The van der Waals surface area contributed by atoms with Crippen LogP contribution in [0.5, 0.6) is 0 Å². The maximum Gasteiger partial charge on any atom is 0.104 e. The van der Waals surface area contributed by atoms with Gasteiger partial charge < -0.3 is 4.74 Å². The van der Waals surface area contributed by atoms with Crippen LogP contribution in [-0.2, 0) is 4.74 Å². The van der Waals surface area contributed by atoms with E-state index in [-0.39, 0.29) is 5.92 Å². The van der Waals surface area contributed by atoms with Gasteiger partial charge in [-0.3, -0.25) is 4.90 Å². The van der Waals surface area contributed by atoms with Crippen molar-refractivity contribution in [1.29, 1.82) is 0 Å². The smallest absolute Gasteiger partial charge is 0.104 e. The lowest BCUT2D eigenvalue weighted by atomic mass is 9.85. The maximum absolute atomic E-state index is 13.5. The number of rotatable bonds is 1. The summed E-state index contributed by atoms with van der Waals surface area (Å²) in [6, 6.07) is 0.477. The molecule has 1 saturated carbocycles. The Balaban J connectivity index is 1.85. The summed E-state index contributed by atoms with van der Waals surface area (Å²) in [5, 5.41) is 0. The zero-order chi connectivity index (χ0) is 9.97. The highest BCUT2D eigenvalue weighted by molar-refractivity contribution is 4.84. The van der Waals surface area contributed by atoms with Crippen LogP contribution in [0.25, 0.3) is 0 Å². The van der Waals surface area contributed by atoms with Gasteiger partial charge in [-0.05, 0) is 25.2 Å². The first kappa shape index (κ1) is 10.4. The van der Waals surface area contributed by atoms with E-state index >= 15 is 0 Å². The molecule has 82 valence electrons. The van der Waals surface area contributed by atoms with Crippen LogP contribution in [0.3, 0.4) is 0 Å². The highest BCUT2D eigenvalue weighted by Crippen LogP contribution is 2.29. The molecule has 0 N–H and O–H groups in total. The first-order chi connectivity index (χ1) is 6.77. The van der Waals surface area contributed by atoms with E-state index in [0.717, 1.165) is 39.1 Å². The second-order valence-corrected chi connectivity index (χ2v) is 4.61. The van der Waals surface area contributed by atoms with Gasteiger partial charge in [-0.15, -0.1) is 0 Å². The number of morpholine rings is 1. The summed E-state index contributed by atoms with van der Waals surface area (Å²) in [6.07, 6.45) is 2.36. The molecule has 2 aliphatic rings. The normalized spacial score (nSPS) is 41.1. The van der Waals surface area contributed by atoms with E-state index in [1.807, 2.05) is 6.92 Å². The minimum absolute atomic E-state index is 0.271. The van der Waals surface area contributed by atoms with E-state index in [0.29, 0.717) is 6.04 Å². The summed E-state index contributed by atoms with van der Waals surface area (Å²) in [5.41, 5.74) is 0. The second kappa shape index (κ2) is 4.58. The van der Waals surface area contributed by atoms with Crippen molar-refractivity contribution in [2.75, 3.05) is 26.3 Å². The Labute approximate surface area is 85.4 Å². The van der Waals surface area contributed by atoms with Crippen LogP contribution in [0, 0.1) is 5.92 Å². The number of alkyl halides is 1. The van der Waals surface area contributed by atoms with Crippen LogP contribution in [0.4, 0.5) is 4.39 Å². The molecule has 0 aromatic rings. The molecule has 0 aromatic heterocycles. The van der Waals surface area contributed by atoms with Crippen molar-refractivity contribution >= 4 is 0 Å². The Hall–Kier alpha value is -0.150. The molecule has 0 radical (unpaired) electrons. The van der Waals surface area contributed by atoms with E-state index < -0.39 is 6.17 Å². The number of hydrogen-bond acceptors (Lipinski definition) is 2. The average Bonchev–Trinajstić information content (AvgIpc) is 2.23. The predicted octanol–water partition coefficient (Wildman–Crippen LogP) is 1.85. The van der Waals surface area contributed by atoms with Gasteiger partial charge in [-0.1, -0.05) is 6.92 Å². The largest absolute Gasteiger partial charge is 0.379 e.